The average Bonchev–Trinajstić information content (AvgIpc) is 3.33. The summed E-state index contributed by atoms with van der Waals surface area (Å²) in [4.78, 5) is 29.1. The van der Waals surface area contributed by atoms with E-state index in [1.165, 1.54) is 11.3 Å². The van der Waals surface area contributed by atoms with E-state index in [0.29, 0.717) is 35.3 Å². The Bertz CT molecular complexity index is 983. The Kier molecular flexibility index (Phi) is 4.59. The van der Waals surface area contributed by atoms with Gasteiger partial charge in [0.15, 0.2) is 6.10 Å². The van der Waals surface area contributed by atoms with Gasteiger partial charge in [-0.05, 0) is 36.6 Å². The molecule has 1 aromatic carbocycles. The number of carbonyl (C=O) groups excluding carboxylic acids is 2. The quantitative estimate of drug-likeness (QED) is 0.700. The van der Waals surface area contributed by atoms with Crippen LogP contribution in [0.1, 0.15) is 19.2 Å². The third-order valence-corrected chi connectivity index (χ3v) is 4.84. The highest BCUT2D eigenvalue weighted by Crippen LogP contribution is 2.32. The maximum Gasteiger partial charge on any atom is 0.265 e. The minimum Gasteiger partial charge on any atom is -0.479 e. The molecule has 0 unspecified atom stereocenters. The lowest BCUT2D eigenvalue weighted by atomic mass is 10.2. The molecule has 9 heteroatoms. The zero-order valence-corrected chi connectivity index (χ0v) is 15.2. The van der Waals surface area contributed by atoms with E-state index in [-0.39, 0.29) is 18.2 Å². The molecule has 8 nitrogen and oxygen atoms in total. The topological polar surface area (TPSA) is 106 Å². The van der Waals surface area contributed by atoms with Gasteiger partial charge in [-0.3, -0.25) is 9.59 Å². The molecule has 0 fully saturated rings. The Balaban J connectivity index is 1.35. The first-order chi connectivity index (χ1) is 13.1. The summed E-state index contributed by atoms with van der Waals surface area (Å²) >= 11 is 1.52. The van der Waals surface area contributed by atoms with Crippen LogP contribution in [-0.4, -0.2) is 28.1 Å². The molecule has 2 aromatic heterocycles. The van der Waals surface area contributed by atoms with E-state index in [1.54, 1.807) is 25.1 Å². The van der Waals surface area contributed by atoms with E-state index in [0.717, 1.165) is 4.88 Å². The van der Waals surface area contributed by atoms with Crippen LogP contribution >= 0.6 is 11.3 Å². The number of carbonyl (C=O) groups is 2. The smallest absolute Gasteiger partial charge is 0.265 e. The molecule has 2 amide bonds. The molecule has 4 rings (SSSR count). The number of ether oxygens (including phenoxy) is 1. The molecule has 3 heterocycles. The average molecular weight is 384 g/mol. The van der Waals surface area contributed by atoms with Crippen molar-refractivity contribution < 1.29 is 18.8 Å². The maximum atomic E-state index is 12.2. The maximum absolute atomic E-state index is 12.2. The van der Waals surface area contributed by atoms with Crippen molar-refractivity contribution in [2.45, 2.75) is 25.9 Å². The minimum absolute atomic E-state index is 0.192. The van der Waals surface area contributed by atoms with Gasteiger partial charge in [0, 0.05) is 18.5 Å². The van der Waals surface area contributed by atoms with Gasteiger partial charge in [0.05, 0.1) is 10.6 Å². The number of benzene rings is 1. The number of rotatable bonds is 5. The highest BCUT2D eigenvalue weighted by molar-refractivity contribution is 7.13. The molecular formula is C18H16N4O4S. The van der Waals surface area contributed by atoms with Gasteiger partial charge < -0.3 is 19.9 Å². The van der Waals surface area contributed by atoms with Gasteiger partial charge in [-0.15, -0.1) is 11.3 Å². The monoisotopic (exact) mass is 384 g/mol. The Labute approximate surface area is 158 Å². The van der Waals surface area contributed by atoms with Crippen LogP contribution < -0.4 is 15.4 Å². The lowest BCUT2D eigenvalue weighted by Crippen LogP contribution is -2.34. The molecule has 3 aromatic rings. The molecule has 0 bridgehead atoms. The Morgan fingerprint density at radius 3 is 3.07 bits per heavy atom. The summed E-state index contributed by atoms with van der Waals surface area (Å²) in [6.07, 6.45) is 0.00154. The second-order valence-electron chi connectivity index (χ2n) is 6.00. The van der Waals surface area contributed by atoms with E-state index >= 15 is 0 Å². The number of nitrogens with zero attached hydrogens (tertiary/aromatic N) is 2. The predicted octanol–water partition coefficient (Wildman–Crippen LogP) is 3.09. The first-order valence-electron chi connectivity index (χ1n) is 8.36. The fraction of sp³-hybridized carbons (Fsp3) is 0.222. The van der Waals surface area contributed by atoms with Crippen LogP contribution in [-0.2, 0) is 16.0 Å². The number of anilines is 2. The molecule has 2 N–H and O–H groups in total. The highest BCUT2D eigenvalue weighted by atomic mass is 32.1. The normalized spacial score (nSPS) is 15.6. The van der Waals surface area contributed by atoms with Crippen LogP contribution in [0.25, 0.3) is 10.7 Å². The number of nitrogens with one attached hydrogen (secondary N) is 2. The Morgan fingerprint density at radius 1 is 1.37 bits per heavy atom. The third-order valence-electron chi connectivity index (χ3n) is 3.97. The standard InChI is InChI=1S/C18H16N4O4S/c1-10-18(24)20-12-9-11(4-5-13(12)25-10)19-15(23)6-7-16-21-17(22-26-16)14-3-2-8-27-14/h2-5,8-10H,6-7H2,1H3,(H,19,23)(H,20,24)/t10-/m1/s1. The molecule has 27 heavy (non-hydrogen) atoms. The molecule has 0 aliphatic carbocycles. The van der Waals surface area contributed by atoms with Crippen molar-refractivity contribution in [1.29, 1.82) is 0 Å². The van der Waals surface area contributed by atoms with Gasteiger partial charge >= 0.3 is 0 Å². The first-order valence-corrected chi connectivity index (χ1v) is 9.24. The zero-order valence-electron chi connectivity index (χ0n) is 14.4. The fourth-order valence-electron chi connectivity index (χ4n) is 2.59. The van der Waals surface area contributed by atoms with Crippen molar-refractivity contribution in [2.24, 2.45) is 0 Å². The van der Waals surface area contributed by atoms with Crippen molar-refractivity contribution in [3.63, 3.8) is 0 Å². The van der Waals surface area contributed by atoms with Gasteiger partial charge in [-0.1, -0.05) is 11.2 Å². The summed E-state index contributed by atoms with van der Waals surface area (Å²) in [5.41, 5.74) is 1.11. The second-order valence-corrected chi connectivity index (χ2v) is 6.95. The predicted molar refractivity (Wildman–Crippen MR) is 99.7 cm³/mol. The molecule has 0 spiro atoms. The van der Waals surface area contributed by atoms with Gasteiger partial charge in [-0.25, -0.2) is 0 Å². The summed E-state index contributed by atoms with van der Waals surface area (Å²) in [5.74, 6) is 1.10. The van der Waals surface area contributed by atoms with E-state index in [4.69, 9.17) is 9.26 Å². The highest BCUT2D eigenvalue weighted by Gasteiger charge is 2.23. The number of hydrogen-bond acceptors (Lipinski definition) is 7. The van der Waals surface area contributed by atoms with Crippen molar-refractivity contribution in [1.82, 2.24) is 10.1 Å². The molecule has 1 atom stereocenters. The molecular weight excluding hydrogens is 368 g/mol. The van der Waals surface area contributed by atoms with E-state index in [9.17, 15) is 9.59 Å². The van der Waals surface area contributed by atoms with E-state index in [2.05, 4.69) is 20.8 Å². The minimum atomic E-state index is -0.536. The number of hydrogen-bond donors (Lipinski definition) is 2. The van der Waals surface area contributed by atoms with Crippen molar-refractivity contribution in [3.8, 4) is 16.5 Å². The van der Waals surface area contributed by atoms with Crippen LogP contribution in [0.3, 0.4) is 0 Å². The first kappa shape index (κ1) is 17.2. The van der Waals surface area contributed by atoms with Crippen molar-refractivity contribution >= 4 is 34.5 Å². The lowest BCUT2D eigenvalue weighted by Gasteiger charge is -2.23. The van der Waals surface area contributed by atoms with Crippen LogP contribution in [0.4, 0.5) is 11.4 Å². The summed E-state index contributed by atoms with van der Waals surface area (Å²) in [6, 6.07) is 8.93. The number of thiophene rings is 1. The summed E-state index contributed by atoms with van der Waals surface area (Å²) in [7, 11) is 0. The Hall–Kier alpha value is -3.20. The van der Waals surface area contributed by atoms with Gasteiger partial charge in [0.1, 0.15) is 5.75 Å². The Morgan fingerprint density at radius 2 is 2.26 bits per heavy atom. The molecule has 138 valence electrons. The molecule has 0 saturated heterocycles. The van der Waals surface area contributed by atoms with Crippen LogP contribution in [0.5, 0.6) is 5.75 Å². The third kappa shape index (κ3) is 3.82. The van der Waals surface area contributed by atoms with Gasteiger partial charge in [0.25, 0.3) is 5.91 Å². The summed E-state index contributed by atoms with van der Waals surface area (Å²) < 4.78 is 10.7. The molecule has 1 aliphatic heterocycles. The van der Waals surface area contributed by atoms with E-state index < -0.39 is 6.10 Å². The van der Waals surface area contributed by atoms with Gasteiger partial charge in [0.2, 0.25) is 17.6 Å². The SMILES string of the molecule is C[C@H]1Oc2ccc(NC(=O)CCc3nc(-c4cccs4)no3)cc2NC1=O. The molecule has 0 saturated carbocycles. The molecule has 0 radical (unpaired) electrons. The number of amides is 2. The second kappa shape index (κ2) is 7.20. The lowest BCUT2D eigenvalue weighted by molar-refractivity contribution is -0.122. The van der Waals surface area contributed by atoms with Crippen molar-refractivity contribution in [3.05, 3.63) is 41.6 Å². The van der Waals surface area contributed by atoms with E-state index in [1.807, 2.05) is 17.5 Å². The number of aryl methyl sites for hydroxylation is 1. The van der Waals surface area contributed by atoms with Crippen molar-refractivity contribution in [2.75, 3.05) is 10.6 Å². The fourth-order valence-corrected chi connectivity index (χ4v) is 3.24. The van der Waals surface area contributed by atoms with Gasteiger partial charge in [-0.2, -0.15) is 4.98 Å². The van der Waals surface area contributed by atoms with Crippen LogP contribution in [0, 0.1) is 0 Å². The molecule has 1 aliphatic rings. The number of aromatic nitrogens is 2. The zero-order chi connectivity index (χ0) is 18.8. The number of fused-ring (bicyclic) bond motifs is 1. The largest absolute Gasteiger partial charge is 0.479 e. The van der Waals surface area contributed by atoms with Crippen LogP contribution in [0.2, 0.25) is 0 Å². The van der Waals surface area contributed by atoms with Crippen LogP contribution in [0.15, 0.2) is 40.2 Å². The summed E-state index contributed by atoms with van der Waals surface area (Å²) in [6.45, 7) is 1.68. The summed E-state index contributed by atoms with van der Waals surface area (Å²) in [5, 5.41) is 11.4.